The van der Waals surface area contributed by atoms with Crippen molar-refractivity contribution >= 4 is 26.0 Å². The van der Waals surface area contributed by atoms with Crippen LogP contribution in [0.4, 0.5) is 0 Å². The molecular weight excluding hydrogens is 338 g/mol. The summed E-state index contributed by atoms with van der Waals surface area (Å²) < 4.78 is 27.0. The van der Waals surface area contributed by atoms with Crippen molar-refractivity contribution in [1.29, 1.82) is 0 Å². The lowest BCUT2D eigenvalue weighted by Gasteiger charge is -2.34. The first-order valence-electron chi connectivity index (χ1n) is 7.15. The van der Waals surface area contributed by atoms with Crippen LogP contribution >= 0.6 is 15.9 Å². The van der Waals surface area contributed by atoms with Gasteiger partial charge in [-0.1, -0.05) is 59.6 Å². The topological polar surface area (TPSA) is 37.4 Å². The van der Waals surface area contributed by atoms with Gasteiger partial charge >= 0.3 is 0 Å². The Hall–Kier alpha value is -0.390. The van der Waals surface area contributed by atoms with Gasteiger partial charge in [-0.15, -0.1) is 0 Å². The van der Waals surface area contributed by atoms with Gasteiger partial charge in [0.05, 0.1) is 5.75 Å². The molecule has 1 heterocycles. The molecule has 5 heteroatoms. The van der Waals surface area contributed by atoms with E-state index in [9.17, 15) is 8.42 Å². The zero-order valence-electron chi connectivity index (χ0n) is 11.8. The van der Waals surface area contributed by atoms with Crippen molar-refractivity contribution in [2.75, 3.05) is 17.6 Å². The molecule has 0 amide bonds. The van der Waals surface area contributed by atoms with Crippen molar-refractivity contribution in [1.82, 2.24) is 4.31 Å². The molecule has 1 aliphatic heterocycles. The van der Waals surface area contributed by atoms with Gasteiger partial charge in [0.15, 0.2) is 0 Å². The fourth-order valence-electron chi connectivity index (χ4n) is 2.78. The third-order valence-electron chi connectivity index (χ3n) is 3.94. The number of benzene rings is 1. The van der Waals surface area contributed by atoms with Crippen LogP contribution in [0.25, 0.3) is 0 Å². The van der Waals surface area contributed by atoms with Gasteiger partial charge in [-0.3, -0.25) is 0 Å². The molecule has 1 saturated heterocycles. The van der Waals surface area contributed by atoms with E-state index in [0.29, 0.717) is 6.54 Å². The van der Waals surface area contributed by atoms with Gasteiger partial charge in [-0.05, 0) is 24.3 Å². The number of piperidine rings is 1. The summed E-state index contributed by atoms with van der Waals surface area (Å²) in [4.78, 5) is 0. The zero-order valence-corrected chi connectivity index (χ0v) is 14.2. The van der Waals surface area contributed by atoms with Crippen molar-refractivity contribution in [2.45, 2.75) is 38.1 Å². The molecule has 2 rings (SSSR count). The number of rotatable bonds is 5. The summed E-state index contributed by atoms with van der Waals surface area (Å²) in [5.74, 6) is 0.222. The van der Waals surface area contributed by atoms with E-state index in [2.05, 4.69) is 15.9 Å². The van der Waals surface area contributed by atoms with Crippen molar-refractivity contribution in [3.8, 4) is 0 Å². The molecule has 1 aliphatic rings. The smallest absolute Gasteiger partial charge is 0.212 e. The number of alkyl halides is 1. The Bertz CT molecular complexity index is 518. The van der Waals surface area contributed by atoms with Crippen LogP contribution in [-0.4, -0.2) is 36.4 Å². The molecule has 1 aromatic rings. The summed E-state index contributed by atoms with van der Waals surface area (Å²) in [6.45, 7) is 2.65. The molecule has 0 aromatic heterocycles. The second kappa shape index (κ2) is 7.05. The van der Waals surface area contributed by atoms with Crippen LogP contribution in [0.2, 0.25) is 0 Å². The number of halogens is 1. The Morgan fingerprint density at radius 1 is 1.30 bits per heavy atom. The average molecular weight is 360 g/mol. The predicted molar refractivity (Wildman–Crippen MR) is 86.8 cm³/mol. The summed E-state index contributed by atoms with van der Waals surface area (Å²) in [7, 11) is -3.19. The number of nitrogens with zero attached hydrogens (tertiary/aromatic N) is 1. The molecule has 0 spiro atoms. The van der Waals surface area contributed by atoms with E-state index < -0.39 is 10.0 Å². The minimum absolute atomic E-state index is 0.0269. The maximum Gasteiger partial charge on any atom is 0.214 e. The normalized spacial score (nSPS) is 22.6. The quantitative estimate of drug-likeness (QED) is 0.755. The summed E-state index contributed by atoms with van der Waals surface area (Å²) in [5.41, 5.74) is 1.09. The van der Waals surface area contributed by atoms with E-state index in [0.717, 1.165) is 30.2 Å². The summed E-state index contributed by atoms with van der Waals surface area (Å²) in [6.07, 6.45) is 3.06. The first-order chi connectivity index (χ1) is 9.54. The maximum atomic E-state index is 12.6. The van der Waals surface area contributed by atoms with Crippen molar-refractivity contribution in [3.05, 3.63) is 35.9 Å². The summed E-state index contributed by atoms with van der Waals surface area (Å²) in [5, 5.41) is 0.728. The molecule has 112 valence electrons. The zero-order chi connectivity index (χ0) is 14.6. The first-order valence-corrected chi connectivity index (χ1v) is 9.88. The molecule has 0 saturated carbocycles. The van der Waals surface area contributed by atoms with E-state index in [1.165, 1.54) is 0 Å². The molecule has 0 N–H and O–H groups in total. The van der Waals surface area contributed by atoms with Crippen LogP contribution in [-0.2, 0) is 10.0 Å². The van der Waals surface area contributed by atoms with Gasteiger partial charge in [0.1, 0.15) is 0 Å². The second-order valence-corrected chi connectivity index (χ2v) is 8.12. The molecule has 0 aliphatic carbocycles. The van der Waals surface area contributed by atoms with Crippen LogP contribution in [0.15, 0.2) is 30.3 Å². The fraction of sp³-hybridized carbons (Fsp3) is 0.600. The molecule has 0 radical (unpaired) electrons. The summed E-state index contributed by atoms with van der Waals surface area (Å²) in [6, 6.07) is 9.99. The van der Waals surface area contributed by atoms with Crippen molar-refractivity contribution < 1.29 is 8.42 Å². The Morgan fingerprint density at radius 2 is 2.00 bits per heavy atom. The van der Waals surface area contributed by atoms with Gasteiger partial charge in [-0.25, -0.2) is 8.42 Å². The van der Waals surface area contributed by atoms with Gasteiger partial charge < -0.3 is 0 Å². The average Bonchev–Trinajstić information content (AvgIpc) is 2.47. The van der Waals surface area contributed by atoms with E-state index in [-0.39, 0.29) is 17.7 Å². The third-order valence-corrected chi connectivity index (χ3v) is 6.80. The lowest BCUT2D eigenvalue weighted by atomic mass is 10.0. The Balaban J connectivity index is 2.10. The van der Waals surface area contributed by atoms with Gasteiger partial charge in [0.25, 0.3) is 0 Å². The van der Waals surface area contributed by atoms with E-state index in [4.69, 9.17) is 0 Å². The number of hydrogen-bond donors (Lipinski definition) is 0. The molecule has 1 aromatic carbocycles. The number of hydrogen-bond acceptors (Lipinski definition) is 2. The van der Waals surface area contributed by atoms with Crippen molar-refractivity contribution in [2.24, 2.45) is 0 Å². The Morgan fingerprint density at radius 3 is 2.65 bits per heavy atom. The van der Waals surface area contributed by atoms with Gasteiger partial charge in [-0.2, -0.15) is 4.31 Å². The molecule has 2 atom stereocenters. The minimum atomic E-state index is -3.19. The molecular formula is C15H22BrNO2S. The fourth-order valence-corrected chi connectivity index (χ4v) is 5.71. The standard InChI is InChI=1S/C15H22BrNO2S/c1-13(14-7-3-2-4-8-14)12-20(18,19)17-10-6-5-9-15(17)11-16/h2-4,7-8,13,15H,5-6,9-12H2,1H3. The first kappa shape index (κ1) is 16.0. The highest BCUT2D eigenvalue weighted by atomic mass is 79.9. The van der Waals surface area contributed by atoms with Crippen LogP contribution in [0.1, 0.15) is 37.7 Å². The van der Waals surface area contributed by atoms with Crippen LogP contribution < -0.4 is 0 Å². The molecule has 0 bridgehead atoms. The molecule has 20 heavy (non-hydrogen) atoms. The van der Waals surface area contributed by atoms with Gasteiger partial charge in [0, 0.05) is 17.9 Å². The van der Waals surface area contributed by atoms with E-state index in [1.807, 2.05) is 37.3 Å². The minimum Gasteiger partial charge on any atom is -0.212 e. The van der Waals surface area contributed by atoms with Crippen molar-refractivity contribution in [3.63, 3.8) is 0 Å². The maximum absolute atomic E-state index is 12.6. The lowest BCUT2D eigenvalue weighted by Crippen LogP contribution is -2.46. The lowest BCUT2D eigenvalue weighted by molar-refractivity contribution is 0.273. The van der Waals surface area contributed by atoms with Crippen LogP contribution in [0.3, 0.4) is 0 Å². The summed E-state index contributed by atoms with van der Waals surface area (Å²) >= 11 is 3.45. The highest BCUT2D eigenvalue weighted by molar-refractivity contribution is 9.09. The SMILES string of the molecule is CC(CS(=O)(=O)N1CCCCC1CBr)c1ccccc1. The Kier molecular flexibility index (Phi) is 5.64. The van der Waals surface area contributed by atoms with Gasteiger partial charge in [0.2, 0.25) is 10.0 Å². The molecule has 3 nitrogen and oxygen atoms in total. The van der Waals surface area contributed by atoms with E-state index in [1.54, 1.807) is 4.31 Å². The highest BCUT2D eigenvalue weighted by Gasteiger charge is 2.32. The van der Waals surface area contributed by atoms with E-state index >= 15 is 0 Å². The second-order valence-electron chi connectivity index (χ2n) is 5.50. The molecule has 1 fully saturated rings. The van der Waals surface area contributed by atoms with Crippen LogP contribution in [0, 0.1) is 0 Å². The third kappa shape index (κ3) is 3.83. The molecule has 2 unspecified atom stereocenters. The number of sulfonamides is 1. The van der Waals surface area contributed by atoms with Crippen LogP contribution in [0.5, 0.6) is 0 Å². The Labute approximate surface area is 130 Å². The monoisotopic (exact) mass is 359 g/mol. The predicted octanol–water partition coefficient (Wildman–Crippen LogP) is 3.37. The highest BCUT2D eigenvalue weighted by Crippen LogP contribution is 2.25. The largest absolute Gasteiger partial charge is 0.214 e.